The largest absolute Gasteiger partial charge is 0.382 e. The molecule has 2 N–H and O–H groups in total. The second-order valence-corrected chi connectivity index (χ2v) is 7.22. The smallest absolute Gasteiger partial charge is 0.0506 e. The van der Waals surface area contributed by atoms with Crippen LogP contribution in [0.5, 0.6) is 0 Å². The molecule has 2 atom stereocenters. The molecule has 0 spiro atoms. The van der Waals surface area contributed by atoms with Crippen LogP contribution in [0.3, 0.4) is 0 Å². The molecule has 0 saturated heterocycles. The second kappa shape index (κ2) is 8.09. The van der Waals surface area contributed by atoms with Crippen molar-refractivity contribution in [3.05, 3.63) is 96.3 Å². The fourth-order valence-electron chi connectivity index (χ4n) is 3.33. The summed E-state index contributed by atoms with van der Waals surface area (Å²) in [5, 5.41) is 4.91. The van der Waals surface area contributed by atoms with Gasteiger partial charge in [0.1, 0.15) is 0 Å². The van der Waals surface area contributed by atoms with Crippen molar-refractivity contribution in [2.24, 2.45) is 5.92 Å². The maximum atomic E-state index is 4.30. The quantitative estimate of drug-likeness (QED) is 0.509. The maximum absolute atomic E-state index is 4.30. The van der Waals surface area contributed by atoms with Crippen LogP contribution in [0.1, 0.15) is 25.0 Å². The molecule has 1 heterocycles. The fraction of sp³-hybridized carbons (Fsp3) is 0.250. The Hall–Kier alpha value is -2.74. The number of aromatic nitrogens is 1. The number of benzene rings is 2. The minimum absolute atomic E-state index is 0.180. The topological polar surface area (TPSA) is 27.8 Å². The minimum Gasteiger partial charge on any atom is -0.382 e. The highest BCUT2D eigenvalue weighted by Crippen LogP contribution is 2.22. The van der Waals surface area contributed by atoms with E-state index in [1.807, 2.05) is 0 Å². The van der Waals surface area contributed by atoms with E-state index in [1.54, 1.807) is 0 Å². The van der Waals surface area contributed by atoms with Crippen molar-refractivity contribution in [2.75, 3.05) is 0 Å². The van der Waals surface area contributed by atoms with Crippen LogP contribution < -0.4 is 5.32 Å². The lowest BCUT2D eigenvalue weighted by Crippen LogP contribution is -2.33. The highest BCUT2D eigenvalue weighted by Gasteiger charge is 2.16. The third-order valence-corrected chi connectivity index (χ3v) is 5.03. The lowest BCUT2D eigenvalue weighted by molar-refractivity contribution is 0.549. The number of rotatable bonds is 8. The van der Waals surface area contributed by atoms with Crippen LogP contribution in [0.2, 0.25) is 0 Å². The summed E-state index contributed by atoms with van der Waals surface area (Å²) in [7, 11) is 0. The van der Waals surface area contributed by atoms with Crippen LogP contribution in [-0.4, -0.2) is 11.0 Å². The molecule has 0 amide bonds. The molecule has 0 radical (unpaired) electrons. The van der Waals surface area contributed by atoms with E-state index in [0.29, 0.717) is 5.92 Å². The van der Waals surface area contributed by atoms with Crippen LogP contribution in [0.25, 0.3) is 10.9 Å². The Morgan fingerprint density at radius 2 is 1.69 bits per heavy atom. The first-order chi connectivity index (χ1) is 12.5. The Kier molecular flexibility index (Phi) is 5.62. The Balaban J connectivity index is 1.68. The average molecular weight is 345 g/mol. The van der Waals surface area contributed by atoms with E-state index in [-0.39, 0.29) is 6.04 Å². The number of aromatic amines is 1. The lowest BCUT2D eigenvalue weighted by atomic mass is 9.95. The normalized spacial score (nSPS) is 13.3. The first-order valence-electron chi connectivity index (χ1n) is 9.24. The summed E-state index contributed by atoms with van der Waals surface area (Å²) in [5.41, 5.74) is 6.03. The van der Waals surface area contributed by atoms with E-state index in [9.17, 15) is 0 Å². The van der Waals surface area contributed by atoms with Gasteiger partial charge in [-0.1, -0.05) is 74.2 Å². The van der Waals surface area contributed by atoms with Gasteiger partial charge in [0.15, 0.2) is 0 Å². The molecule has 2 aromatic carbocycles. The standard InChI is InChI=1S/C24H28N2/c1-17(2)24(15-21-16-25-23-13-9-8-12-22(21)23)26-19(4)18(3)14-20-10-6-5-7-11-20/h5-13,16,18,24-26H,1,4,14-15H2,2-3H3. The lowest BCUT2D eigenvalue weighted by Gasteiger charge is -2.25. The molecule has 0 aliphatic carbocycles. The van der Waals surface area contributed by atoms with Gasteiger partial charge in [0.05, 0.1) is 6.04 Å². The Morgan fingerprint density at radius 1 is 1.00 bits per heavy atom. The van der Waals surface area contributed by atoms with Gasteiger partial charge < -0.3 is 10.3 Å². The molecule has 2 unspecified atom stereocenters. The van der Waals surface area contributed by atoms with Gasteiger partial charge in [-0.25, -0.2) is 0 Å². The van der Waals surface area contributed by atoms with E-state index < -0.39 is 0 Å². The Morgan fingerprint density at radius 3 is 2.42 bits per heavy atom. The van der Waals surface area contributed by atoms with Gasteiger partial charge in [-0.15, -0.1) is 0 Å². The summed E-state index contributed by atoms with van der Waals surface area (Å²) in [4.78, 5) is 3.36. The maximum Gasteiger partial charge on any atom is 0.0506 e. The fourth-order valence-corrected chi connectivity index (χ4v) is 3.33. The molecular weight excluding hydrogens is 316 g/mol. The predicted molar refractivity (Wildman–Crippen MR) is 112 cm³/mol. The van der Waals surface area contributed by atoms with Crippen molar-refractivity contribution in [1.82, 2.24) is 10.3 Å². The number of hydrogen-bond acceptors (Lipinski definition) is 1. The van der Waals surface area contributed by atoms with Crippen LogP contribution >= 0.6 is 0 Å². The van der Waals surface area contributed by atoms with Gasteiger partial charge in [-0.3, -0.25) is 0 Å². The van der Waals surface area contributed by atoms with Gasteiger partial charge in [0, 0.05) is 22.8 Å². The predicted octanol–water partition coefficient (Wildman–Crippen LogP) is 5.64. The highest BCUT2D eigenvalue weighted by molar-refractivity contribution is 5.83. The molecule has 134 valence electrons. The summed E-state index contributed by atoms with van der Waals surface area (Å²) in [6, 6.07) is 19.2. The van der Waals surface area contributed by atoms with Gasteiger partial charge in [0.2, 0.25) is 0 Å². The van der Waals surface area contributed by atoms with Gasteiger partial charge >= 0.3 is 0 Å². The van der Waals surface area contributed by atoms with E-state index in [1.165, 1.54) is 22.0 Å². The number of nitrogens with one attached hydrogen (secondary N) is 2. The van der Waals surface area contributed by atoms with Crippen molar-refractivity contribution in [3.8, 4) is 0 Å². The molecule has 0 aliphatic rings. The number of fused-ring (bicyclic) bond motifs is 1. The molecule has 0 bridgehead atoms. The Bertz CT molecular complexity index is 889. The van der Waals surface area contributed by atoms with Gasteiger partial charge in [-0.05, 0) is 42.9 Å². The van der Waals surface area contributed by atoms with Crippen LogP contribution in [0, 0.1) is 5.92 Å². The molecular formula is C24H28N2. The zero-order valence-electron chi connectivity index (χ0n) is 15.8. The molecule has 2 nitrogen and oxygen atoms in total. The van der Waals surface area contributed by atoms with E-state index in [0.717, 1.165) is 24.1 Å². The molecule has 0 saturated carbocycles. The summed E-state index contributed by atoms with van der Waals surface area (Å²) in [6.45, 7) is 12.8. The summed E-state index contributed by atoms with van der Waals surface area (Å²) in [6.07, 6.45) is 4.00. The third-order valence-electron chi connectivity index (χ3n) is 5.03. The average Bonchev–Trinajstić information content (AvgIpc) is 3.05. The first-order valence-corrected chi connectivity index (χ1v) is 9.24. The Labute approximate surface area is 156 Å². The molecule has 2 heteroatoms. The molecule has 26 heavy (non-hydrogen) atoms. The minimum atomic E-state index is 0.180. The van der Waals surface area contributed by atoms with Gasteiger partial charge in [-0.2, -0.15) is 0 Å². The molecule has 1 aromatic heterocycles. The highest BCUT2D eigenvalue weighted by atomic mass is 14.9. The van der Waals surface area contributed by atoms with E-state index in [4.69, 9.17) is 0 Å². The summed E-state index contributed by atoms with van der Waals surface area (Å²) in [5.74, 6) is 0.363. The monoisotopic (exact) mass is 344 g/mol. The van der Waals surface area contributed by atoms with Crippen molar-refractivity contribution < 1.29 is 0 Å². The second-order valence-electron chi connectivity index (χ2n) is 7.22. The molecule has 3 aromatic rings. The van der Waals surface area contributed by atoms with Crippen LogP contribution in [0.15, 0.2) is 85.2 Å². The zero-order valence-corrected chi connectivity index (χ0v) is 15.8. The number of H-pyrrole nitrogens is 1. The van der Waals surface area contributed by atoms with Crippen LogP contribution in [-0.2, 0) is 12.8 Å². The number of para-hydroxylation sites is 1. The van der Waals surface area contributed by atoms with Crippen LogP contribution in [0.4, 0.5) is 0 Å². The third kappa shape index (κ3) is 4.26. The zero-order chi connectivity index (χ0) is 18.5. The SMILES string of the molecule is C=C(NC(Cc1c[nH]c2ccccc12)C(=C)C)C(C)Cc1ccccc1. The van der Waals surface area contributed by atoms with Crippen molar-refractivity contribution in [1.29, 1.82) is 0 Å². The molecule has 0 fully saturated rings. The first kappa shape index (κ1) is 18.1. The van der Waals surface area contributed by atoms with Gasteiger partial charge in [0.25, 0.3) is 0 Å². The summed E-state index contributed by atoms with van der Waals surface area (Å²) >= 11 is 0. The van der Waals surface area contributed by atoms with Crippen molar-refractivity contribution in [2.45, 2.75) is 32.7 Å². The number of allylic oxidation sites excluding steroid dienone is 1. The van der Waals surface area contributed by atoms with E-state index in [2.05, 4.69) is 98.1 Å². The summed E-state index contributed by atoms with van der Waals surface area (Å²) < 4.78 is 0. The van der Waals surface area contributed by atoms with Crippen molar-refractivity contribution >= 4 is 10.9 Å². The number of hydrogen-bond donors (Lipinski definition) is 2. The molecule has 3 rings (SSSR count). The molecule has 0 aliphatic heterocycles. The van der Waals surface area contributed by atoms with Crippen molar-refractivity contribution in [3.63, 3.8) is 0 Å². The van der Waals surface area contributed by atoms with E-state index >= 15 is 0 Å².